The first-order valence-electron chi connectivity index (χ1n) is 7.85. The fourth-order valence-corrected chi connectivity index (χ4v) is 4.39. The van der Waals surface area contributed by atoms with E-state index in [9.17, 15) is 8.42 Å². The predicted molar refractivity (Wildman–Crippen MR) is 85.6 cm³/mol. The van der Waals surface area contributed by atoms with Crippen molar-refractivity contribution in [2.24, 2.45) is 5.92 Å². The summed E-state index contributed by atoms with van der Waals surface area (Å²) in [6, 6.07) is 7.16. The van der Waals surface area contributed by atoms with Gasteiger partial charge in [0.2, 0.25) is 10.0 Å². The molecule has 0 spiro atoms. The van der Waals surface area contributed by atoms with Crippen LogP contribution in [-0.2, 0) is 16.6 Å². The van der Waals surface area contributed by atoms with E-state index in [4.69, 9.17) is 0 Å². The second-order valence-corrected chi connectivity index (χ2v) is 7.56. The summed E-state index contributed by atoms with van der Waals surface area (Å²) in [5, 5.41) is 3.01. The lowest BCUT2D eigenvalue weighted by molar-refractivity contribution is 0.480. The zero-order chi connectivity index (χ0) is 15.1. The first kappa shape index (κ1) is 16.5. The van der Waals surface area contributed by atoms with Crippen LogP contribution in [0.3, 0.4) is 0 Å². The van der Waals surface area contributed by atoms with Crippen LogP contribution in [0.25, 0.3) is 0 Å². The third kappa shape index (κ3) is 4.80. The average Bonchev–Trinajstić information content (AvgIpc) is 2.98. The van der Waals surface area contributed by atoms with Gasteiger partial charge in [-0.2, -0.15) is 0 Å². The number of hydrogen-bond donors (Lipinski definition) is 2. The normalized spacial score (nSPS) is 16.4. The fraction of sp³-hybridized carbons (Fsp3) is 0.625. The summed E-state index contributed by atoms with van der Waals surface area (Å²) in [7, 11) is -1.58. The summed E-state index contributed by atoms with van der Waals surface area (Å²) in [6.07, 6.45) is 7.38. The molecule has 0 radical (unpaired) electrons. The van der Waals surface area contributed by atoms with Crippen molar-refractivity contribution in [2.45, 2.75) is 50.0 Å². The maximum Gasteiger partial charge on any atom is 0.240 e. The molecule has 0 aliphatic heterocycles. The number of nitrogens with one attached hydrogen (secondary N) is 2. The molecule has 1 aliphatic carbocycles. The highest BCUT2D eigenvalue weighted by Crippen LogP contribution is 2.28. The number of sulfonamides is 1. The quantitative estimate of drug-likeness (QED) is 0.726. The molecule has 0 saturated heterocycles. The van der Waals surface area contributed by atoms with E-state index in [0.29, 0.717) is 18.0 Å². The summed E-state index contributed by atoms with van der Waals surface area (Å²) in [4.78, 5) is 0.389. The van der Waals surface area contributed by atoms with Crippen molar-refractivity contribution in [1.29, 1.82) is 0 Å². The third-order valence-corrected chi connectivity index (χ3v) is 5.75. The standard InChI is InChI=1S/C16H26N2O2S/c1-17-13-15-10-4-5-11-16(15)21(19,20)18-12-6-9-14-7-2-3-8-14/h4-5,10-11,14,17-18H,2-3,6-9,12-13H2,1H3. The van der Waals surface area contributed by atoms with Crippen molar-refractivity contribution >= 4 is 10.0 Å². The number of benzene rings is 1. The van der Waals surface area contributed by atoms with Crippen LogP contribution in [0.1, 0.15) is 44.1 Å². The number of rotatable bonds is 8. The molecule has 0 aromatic heterocycles. The second-order valence-electron chi connectivity index (χ2n) is 5.83. The van der Waals surface area contributed by atoms with Gasteiger partial charge in [-0.3, -0.25) is 0 Å². The SMILES string of the molecule is CNCc1ccccc1S(=O)(=O)NCCCC1CCCC1. The Morgan fingerprint density at radius 1 is 1.19 bits per heavy atom. The lowest BCUT2D eigenvalue weighted by Crippen LogP contribution is -2.26. The van der Waals surface area contributed by atoms with E-state index in [0.717, 1.165) is 24.3 Å². The van der Waals surface area contributed by atoms with Crippen LogP contribution in [0.2, 0.25) is 0 Å². The Morgan fingerprint density at radius 2 is 1.90 bits per heavy atom. The van der Waals surface area contributed by atoms with Crippen LogP contribution in [0.5, 0.6) is 0 Å². The van der Waals surface area contributed by atoms with Gasteiger partial charge in [-0.15, -0.1) is 0 Å². The molecule has 21 heavy (non-hydrogen) atoms. The van der Waals surface area contributed by atoms with Crippen LogP contribution in [-0.4, -0.2) is 22.0 Å². The molecular formula is C16H26N2O2S. The highest BCUT2D eigenvalue weighted by atomic mass is 32.2. The van der Waals surface area contributed by atoms with Crippen LogP contribution >= 0.6 is 0 Å². The fourth-order valence-electron chi connectivity index (χ4n) is 3.08. The molecule has 0 atom stereocenters. The third-order valence-electron chi connectivity index (χ3n) is 4.19. The summed E-state index contributed by atoms with van der Waals surface area (Å²) < 4.78 is 27.5. The lowest BCUT2D eigenvalue weighted by atomic mass is 10.0. The molecule has 1 aliphatic rings. The van der Waals surface area contributed by atoms with Crippen LogP contribution in [0.4, 0.5) is 0 Å². The lowest BCUT2D eigenvalue weighted by Gasteiger charge is -2.12. The molecule has 0 unspecified atom stereocenters. The van der Waals surface area contributed by atoms with Gasteiger partial charge in [-0.25, -0.2) is 13.1 Å². The maximum absolute atomic E-state index is 12.4. The van der Waals surface area contributed by atoms with Gasteiger partial charge in [0.1, 0.15) is 0 Å². The monoisotopic (exact) mass is 310 g/mol. The van der Waals surface area contributed by atoms with E-state index in [1.165, 1.54) is 25.7 Å². The Kier molecular flexibility index (Phi) is 6.21. The highest BCUT2D eigenvalue weighted by molar-refractivity contribution is 7.89. The van der Waals surface area contributed by atoms with Crippen molar-refractivity contribution in [2.75, 3.05) is 13.6 Å². The van der Waals surface area contributed by atoms with Gasteiger partial charge in [-0.1, -0.05) is 43.9 Å². The summed E-state index contributed by atoms with van der Waals surface area (Å²) >= 11 is 0. The van der Waals surface area contributed by atoms with Gasteiger partial charge in [0.15, 0.2) is 0 Å². The van der Waals surface area contributed by atoms with Gasteiger partial charge in [-0.05, 0) is 37.4 Å². The Morgan fingerprint density at radius 3 is 2.62 bits per heavy atom. The molecule has 0 heterocycles. The molecule has 0 bridgehead atoms. The molecule has 1 aromatic carbocycles. The first-order valence-corrected chi connectivity index (χ1v) is 9.34. The van der Waals surface area contributed by atoms with Crippen LogP contribution < -0.4 is 10.0 Å². The molecule has 2 N–H and O–H groups in total. The van der Waals surface area contributed by atoms with E-state index in [2.05, 4.69) is 10.0 Å². The van der Waals surface area contributed by atoms with Crippen molar-refractivity contribution in [3.8, 4) is 0 Å². The Balaban J connectivity index is 1.88. The van der Waals surface area contributed by atoms with Gasteiger partial charge < -0.3 is 5.32 Å². The van der Waals surface area contributed by atoms with E-state index < -0.39 is 10.0 Å². The summed E-state index contributed by atoms with van der Waals surface area (Å²) in [5.41, 5.74) is 0.809. The van der Waals surface area contributed by atoms with E-state index in [1.54, 1.807) is 12.1 Å². The second kappa shape index (κ2) is 7.92. The molecule has 0 amide bonds. The molecule has 4 nitrogen and oxygen atoms in total. The first-order chi connectivity index (χ1) is 10.1. The molecular weight excluding hydrogens is 284 g/mol. The van der Waals surface area contributed by atoms with Crippen molar-refractivity contribution in [1.82, 2.24) is 10.0 Å². The molecule has 1 saturated carbocycles. The molecule has 1 aromatic rings. The zero-order valence-corrected chi connectivity index (χ0v) is 13.6. The number of hydrogen-bond acceptors (Lipinski definition) is 3. The molecule has 5 heteroatoms. The van der Waals surface area contributed by atoms with Gasteiger partial charge in [0, 0.05) is 13.1 Å². The molecule has 1 fully saturated rings. The molecule has 2 rings (SSSR count). The highest BCUT2D eigenvalue weighted by Gasteiger charge is 2.18. The Hall–Kier alpha value is -0.910. The van der Waals surface area contributed by atoms with Crippen molar-refractivity contribution < 1.29 is 8.42 Å². The van der Waals surface area contributed by atoms with Gasteiger partial charge in [0.05, 0.1) is 4.90 Å². The van der Waals surface area contributed by atoms with E-state index in [-0.39, 0.29) is 0 Å². The minimum absolute atomic E-state index is 0.389. The van der Waals surface area contributed by atoms with Gasteiger partial charge in [0.25, 0.3) is 0 Å². The minimum atomic E-state index is -3.40. The largest absolute Gasteiger partial charge is 0.316 e. The van der Waals surface area contributed by atoms with Crippen molar-refractivity contribution in [3.05, 3.63) is 29.8 Å². The smallest absolute Gasteiger partial charge is 0.240 e. The summed E-state index contributed by atoms with van der Waals surface area (Å²) in [6.45, 7) is 1.09. The van der Waals surface area contributed by atoms with E-state index >= 15 is 0 Å². The Labute approximate surface area is 128 Å². The van der Waals surface area contributed by atoms with Crippen molar-refractivity contribution in [3.63, 3.8) is 0 Å². The zero-order valence-electron chi connectivity index (χ0n) is 12.8. The average molecular weight is 310 g/mol. The predicted octanol–water partition coefficient (Wildman–Crippen LogP) is 2.65. The van der Waals surface area contributed by atoms with Crippen LogP contribution in [0.15, 0.2) is 29.2 Å². The minimum Gasteiger partial charge on any atom is -0.316 e. The topological polar surface area (TPSA) is 58.2 Å². The maximum atomic E-state index is 12.4. The van der Waals surface area contributed by atoms with Crippen LogP contribution in [0, 0.1) is 5.92 Å². The molecule has 118 valence electrons. The van der Waals surface area contributed by atoms with E-state index in [1.807, 2.05) is 19.2 Å². The Bertz CT molecular complexity index is 537. The summed E-state index contributed by atoms with van der Waals surface area (Å²) in [5.74, 6) is 0.811. The van der Waals surface area contributed by atoms with Gasteiger partial charge >= 0.3 is 0 Å².